The molecule has 1 saturated heterocycles. The number of hydrogen-bond acceptors (Lipinski definition) is 3. The van der Waals surface area contributed by atoms with Crippen LogP contribution in [-0.2, 0) is 4.79 Å². The highest BCUT2D eigenvalue weighted by atomic mass is 35.5. The average Bonchev–Trinajstić information content (AvgIpc) is 3.12. The van der Waals surface area contributed by atoms with Gasteiger partial charge in [-0.05, 0) is 61.8 Å². The first-order valence-corrected chi connectivity index (χ1v) is 8.50. The SMILES string of the molecule is COc1ccc(NC(=O)C(c2ccccc2Cl)N2CCCC2)cc1. The second-order valence-electron chi connectivity index (χ2n) is 5.88. The number of amides is 1. The van der Waals surface area contributed by atoms with Crippen LogP contribution in [0.4, 0.5) is 5.69 Å². The summed E-state index contributed by atoms with van der Waals surface area (Å²) >= 11 is 6.36. The van der Waals surface area contributed by atoms with Crippen LogP contribution in [0, 0.1) is 0 Å². The van der Waals surface area contributed by atoms with Crippen molar-refractivity contribution in [3.05, 3.63) is 59.1 Å². The van der Waals surface area contributed by atoms with Crippen molar-refractivity contribution < 1.29 is 9.53 Å². The normalized spacial score (nSPS) is 15.9. The maximum Gasteiger partial charge on any atom is 0.246 e. The summed E-state index contributed by atoms with van der Waals surface area (Å²) in [5.41, 5.74) is 1.60. The van der Waals surface area contributed by atoms with Crippen molar-refractivity contribution in [2.45, 2.75) is 18.9 Å². The molecule has 1 unspecified atom stereocenters. The minimum absolute atomic E-state index is 0.0600. The molecule has 3 rings (SSSR count). The predicted octanol–water partition coefficient (Wildman–Crippen LogP) is 4.12. The van der Waals surface area contributed by atoms with Crippen molar-refractivity contribution in [2.75, 3.05) is 25.5 Å². The second kappa shape index (κ2) is 7.69. The number of anilines is 1. The molecule has 0 spiro atoms. The molecule has 1 aliphatic heterocycles. The third-order valence-corrected chi connectivity index (χ3v) is 4.66. The number of methoxy groups -OCH3 is 1. The van der Waals surface area contributed by atoms with Crippen molar-refractivity contribution in [1.29, 1.82) is 0 Å². The number of rotatable bonds is 5. The molecule has 0 aromatic heterocycles. The molecule has 126 valence electrons. The molecule has 1 aliphatic rings. The molecule has 0 aliphatic carbocycles. The van der Waals surface area contributed by atoms with Gasteiger partial charge in [-0.1, -0.05) is 29.8 Å². The van der Waals surface area contributed by atoms with Gasteiger partial charge < -0.3 is 10.1 Å². The monoisotopic (exact) mass is 344 g/mol. The summed E-state index contributed by atoms with van der Waals surface area (Å²) in [5.74, 6) is 0.699. The molecule has 24 heavy (non-hydrogen) atoms. The van der Waals surface area contributed by atoms with E-state index in [-0.39, 0.29) is 11.9 Å². The Morgan fingerprint density at radius 1 is 1.12 bits per heavy atom. The van der Waals surface area contributed by atoms with Crippen molar-refractivity contribution in [3.8, 4) is 5.75 Å². The summed E-state index contributed by atoms with van der Waals surface area (Å²) in [7, 11) is 1.62. The van der Waals surface area contributed by atoms with E-state index < -0.39 is 0 Å². The van der Waals surface area contributed by atoms with E-state index in [0.29, 0.717) is 5.02 Å². The summed E-state index contributed by atoms with van der Waals surface area (Å²) < 4.78 is 5.15. The third-order valence-electron chi connectivity index (χ3n) is 4.31. The fraction of sp³-hybridized carbons (Fsp3) is 0.316. The molecule has 1 atom stereocenters. The molecule has 1 heterocycles. The Morgan fingerprint density at radius 3 is 2.42 bits per heavy atom. The number of benzene rings is 2. The number of carbonyl (C=O) groups excluding carboxylic acids is 1. The van der Waals surface area contributed by atoms with E-state index in [2.05, 4.69) is 10.2 Å². The van der Waals surface area contributed by atoms with Crippen molar-refractivity contribution in [3.63, 3.8) is 0 Å². The van der Waals surface area contributed by atoms with Gasteiger partial charge in [0.15, 0.2) is 0 Å². The average molecular weight is 345 g/mol. The van der Waals surface area contributed by atoms with E-state index in [1.54, 1.807) is 7.11 Å². The summed E-state index contributed by atoms with van der Waals surface area (Å²) in [6.45, 7) is 1.82. The molecule has 0 bridgehead atoms. The number of likely N-dealkylation sites (tertiary alicyclic amines) is 1. The summed E-state index contributed by atoms with van der Waals surface area (Å²) in [6, 6.07) is 14.5. The number of hydrogen-bond donors (Lipinski definition) is 1. The summed E-state index contributed by atoms with van der Waals surface area (Å²) in [4.78, 5) is 15.2. The largest absolute Gasteiger partial charge is 0.497 e. The topological polar surface area (TPSA) is 41.6 Å². The van der Waals surface area contributed by atoms with Gasteiger partial charge in [0.1, 0.15) is 11.8 Å². The lowest BCUT2D eigenvalue weighted by atomic mass is 10.0. The Hall–Kier alpha value is -2.04. The van der Waals surface area contributed by atoms with Gasteiger partial charge in [-0.3, -0.25) is 9.69 Å². The lowest BCUT2D eigenvalue weighted by molar-refractivity contribution is -0.121. The molecule has 5 heteroatoms. The summed E-state index contributed by atoms with van der Waals surface area (Å²) in [5, 5.41) is 3.63. The third kappa shape index (κ3) is 3.71. The smallest absolute Gasteiger partial charge is 0.246 e. The van der Waals surface area contributed by atoms with Crippen LogP contribution in [0.5, 0.6) is 5.75 Å². The standard InChI is InChI=1S/C19H21ClN2O2/c1-24-15-10-8-14(9-11-15)21-19(23)18(22-12-4-5-13-22)16-6-2-3-7-17(16)20/h2-3,6-11,18H,4-5,12-13H2,1H3,(H,21,23). The molecular formula is C19H21ClN2O2. The van der Waals surface area contributed by atoms with Gasteiger partial charge in [0.05, 0.1) is 7.11 Å². The molecule has 1 amide bonds. The summed E-state index contributed by atoms with van der Waals surface area (Å²) in [6.07, 6.45) is 2.22. The van der Waals surface area contributed by atoms with Crippen LogP contribution in [-0.4, -0.2) is 31.0 Å². The van der Waals surface area contributed by atoms with Gasteiger partial charge in [0, 0.05) is 10.7 Å². The first-order valence-electron chi connectivity index (χ1n) is 8.12. The zero-order valence-electron chi connectivity index (χ0n) is 13.7. The van der Waals surface area contributed by atoms with Crippen LogP contribution < -0.4 is 10.1 Å². The number of nitrogens with one attached hydrogen (secondary N) is 1. The highest BCUT2D eigenvalue weighted by molar-refractivity contribution is 6.31. The molecule has 0 radical (unpaired) electrons. The Morgan fingerprint density at radius 2 is 1.79 bits per heavy atom. The first kappa shape index (κ1) is 16.8. The van der Waals surface area contributed by atoms with Crippen LogP contribution in [0.3, 0.4) is 0 Å². The highest BCUT2D eigenvalue weighted by Gasteiger charge is 2.31. The lowest BCUT2D eigenvalue weighted by Gasteiger charge is -2.27. The number of halogens is 1. The minimum atomic E-state index is -0.372. The minimum Gasteiger partial charge on any atom is -0.497 e. The molecule has 2 aromatic rings. The molecule has 4 nitrogen and oxygen atoms in total. The molecule has 1 N–H and O–H groups in total. The first-order chi connectivity index (χ1) is 11.7. The van der Waals surface area contributed by atoms with Gasteiger partial charge in [-0.25, -0.2) is 0 Å². The fourth-order valence-electron chi connectivity index (χ4n) is 3.09. The van der Waals surface area contributed by atoms with Crippen LogP contribution in [0.25, 0.3) is 0 Å². The van der Waals surface area contributed by atoms with E-state index in [0.717, 1.165) is 42.9 Å². The Bertz CT molecular complexity index is 697. The van der Waals surface area contributed by atoms with Crippen molar-refractivity contribution >= 4 is 23.2 Å². The quantitative estimate of drug-likeness (QED) is 0.887. The van der Waals surface area contributed by atoms with E-state index in [9.17, 15) is 4.79 Å². The van der Waals surface area contributed by atoms with E-state index in [1.165, 1.54) is 0 Å². The maximum absolute atomic E-state index is 13.0. The second-order valence-corrected chi connectivity index (χ2v) is 6.29. The zero-order valence-corrected chi connectivity index (χ0v) is 14.4. The number of ether oxygens (including phenoxy) is 1. The van der Waals surface area contributed by atoms with Crippen LogP contribution >= 0.6 is 11.6 Å². The Balaban J connectivity index is 1.84. The van der Waals surface area contributed by atoms with Crippen LogP contribution in [0.1, 0.15) is 24.4 Å². The maximum atomic E-state index is 13.0. The van der Waals surface area contributed by atoms with Crippen LogP contribution in [0.2, 0.25) is 5.02 Å². The van der Waals surface area contributed by atoms with E-state index in [4.69, 9.17) is 16.3 Å². The Labute approximate surface area is 147 Å². The number of carbonyl (C=O) groups is 1. The lowest BCUT2D eigenvalue weighted by Crippen LogP contribution is -2.35. The van der Waals surface area contributed by atoms with Crippen molar-refractivity contribution in [2.24, 2.45) is 0 Å². The van der Waals surface area contributed by atoms with Crippen molar-refractivity contribution in [1.82, 2.24) is 4.90 Å². The van der Waals surface area contributed by atoms with Crippen LogP contribution in [0.15, 0.2) is 48.5 Å². The van der Waals surface area contributed by atoms with Gasteiger partial charge >= 0.3 is 0 Å². The molecule has 1 fully saturated rings. The predicted molar refractivity (Wildman–Crippen MR) is 96.6 cm³/mol. The van der Waals surface area contributed by atoms with Gasteiger partial charge in [-0.15, -0.1) is 0 Å². The molecular weight excluding hydrogens is 324 g/mol. The van der Waals surface area contributed by atoms with Gasteiger partial charge in [-0.2, -0.15) is 0 Å². The number of nitrogens with zero attached hydrogens (tertiary/aromatic N) is 1. The van der Waals surface area contributed by atoms with Gasteiger partial charge in [0.2, 0.25) is 5.91 Å². The Kier molecular flexibility index (Phi) is 5.38. The zero-order chi connectivity index (χ0) is 16.9. The highest BCUT2D eigenvalue weighted by Crippen LogP contribution is 2.31. The molecule has 0 saturated carbocycles. The van der Waals surface area contributed by atoms with Gasteiger partial charge in [0.25, 0.3) is 0 Å². The van der Waals surface area contributed by atoms with E-state index >= 15 is 0 Å². The van der Waals surface area contributed by atoms with E-state index in [1.807, 2.05) is 48.5 Å². The molecule has 2 aromatic carbocycles. The fourth-order valence-corrected chi connectivity index (χ4v) is 3.32.